The minimum absolute atomic E-state index is 0.0564. The number of aryl methyl sites for hydroxylation is 1. The average molecular weight is 309 g/mol. The molecule has 0 saturated carbocycles. The normalized spacial score (nSPS) is 12.6. The van der Waals surface area contributed by atoms with Crippen LogP contribution in [0.25, 0.3) is 11.4 Å². The van der Waals surface area contributed by atoms with Gasteiger partial charge in [-0.25, -0.2) is 4.68 Å². The van der Waals surface area contributed by atoms with E-state index in [1.807, 2.05) is 20.8 Å². The molecule has 2 aromatic heterocycles. The van der Waals surface area contributed by atoms with Crippen LogP contribution in [-0.2, 0) is 4.79 Å². The van der Waals surface area contributed by atoms with Crippen molar-refractivity contribution in [1.82, 2.24) is 20.2 Å². The number of hydrogen-bond donors (Lipinski definition) is 2. The fraction of sp³-hybridized carbons (Fsp3) is 0.462. The summed E-state index contributed by atoms with van der Waals surface area (Å²) in [5.74, 6) is 7.19. The lowest BCUT2D eigenvalue weighted by atomic mass is 10.2. The van der Waals surface area contributed by atoms with Crippen molar-refractivity contribution in [3.8, 4) is 11.4 Å². The van der Waals surface area contributed by atoms with E-state index in [2.05, 4.69) is 15.5 Å². The number of rotatable bonds is 5. The number of nitrogens with one attached hydrogen (secondary N) is 1. The van der Waals surface area contributed by atoms with Gasteiger partial charge in [-0.3, -0.25) is 4.79 Å². The van der Waals surface area contributed by atoms with Crippen molar-refractivity contribution in [2.24, 2.45) is 0 Å². The van der Waals surface area contributed by atoms with Gasteiger partial charge in [-0.05, 0) is 33.8 Å². The second-order valence-corrected chi connectivity index (χ2v) is 6.30. The Labute approximate surface area is 127 Å². The van der Waals surface area contributed by atoms with Crippen molar-refractivity contribution in [3.05, 3.63) is 18.1 Å². The number of nitrogens with zero attached hydrogens (tertiary/aromatic N) is 3. The van der Waals surface area contributed by atoms with Gasteiger partial charge in [0.1, 0.15) is 5.76 Å². The second kappa shape index (κ2) is 6.21. The van der Waals surface area contributed by atoms with Gasteiger partial charge in [0.05, 0.1) is 17.1 Å². The quantitative estimate of drug-likeness (QED) is 0.642. The van der Waals surface area contributed by atoms with E-state index in [9.17, 15) is 4.79 Å². The van der Waals surface area contributed by atoms with Crippen LogP contribution >= 0.6 is 11.8 Å². The molecule has 2 aromatic rings. The molecule has 0 aliphatic carbocycles. The molecule has 21 heavy (non-hydrogen) atoms. The maximum absolute atomic E-state index is 11.9. The van der Waals surface area contributed by atoms with E-state index in [1.165, 1.54) is 16.4 Å². The SMILES string of the molecule is Cc1occc1-c1nnc(SC(C)C(=O)NC(C)C)n1N. The summed E-state index contributed by atoms with van der Waals surface area (Å²) in [5.41, 5.74) is 0.788. The zero-order valence-corrected chi connectivity index (χ0v) is 13.3. The number of furan rings is 1. The fourth-order valence-electron chi connectivity index (χ4n) is 1.77. The third-order valence-corrected chi connectivity index (χ3v) is 3.90. The molecule has 1 unspecified atom stereocenters. The molecule has 1 atom stereocenters. The lowest BCUT2D eigenvalue weighted by Crippen LogP contribution is -2.36. The standard InChI is InChI=1S/C13H19N5O2S/c1-7(2)15-12(19)9(4)21-13-17-16-11(18(13)14)10-5-6-20-8(10)3/h5-7,9H,14H2,1-4H3,(H,15,19). The molecular weight excluding hydrogens is 290 g/mol. The Hall–Kier alpha value is -1.96. The topological polar surface area (TPSA) is 99.0 Å². The van der Waals surface area contributed by atoms with Gasteiger partial charge >= 0.3 is 0 Å². The Morgan fingerprint density at radius 1 is 1.43 bits per heavy atom. The third-order valence-electron chi connectivity index (χ3n) is 2.85. The Morgan fingerprint density at radius 2 is 2.14 bits per heavy atom. The highest BCUT2D eigenvalue weighted by Crippen LogP contribution is 2.26. The van der Waals surface area contributed by atoms with E-state index < -0.39 is 0 Å². The molecular formula is C13H19N5O2S. The molecule has 2 heterocycles. The number of hydrogen-bond acceptors (Lipinski definition) is 6. The van der Waals surface area contributed by atoms with Crippen LogP contribution in [0.2, 0.25) is 0 Å². The van der Waals surface area contributed by atoms with Crippen LogP contribution in [0.15, 0.2) is 21.9 Å². The van der Waals surface area contributed by atoms with Gasteiger partial charge in [-0.2, -0.15) is 0 Å². The summed E-state index contributed by atoms with van der Waals surface area (Å²) in [6, 6.07) is 1.88. The number of carbonyl (C=O) groups is 1. The summed E-state index contributed by atoms with van der Waals surface area (Å²) in [4.78, 5) is 11.9. The highest BCUT2D eigenvalue weighted by Gasteiger charge is 2.21. The summed E-state index contributed by atoms with van der Waals surface area (Å²) < 4.78 is 6.62. The molecule has 0 bridgehead atoms. The molecule has 0 spiro atoms. The fourth-order valence-corrected chi connectivity index (χ4v) is 2.55. The lowest BCUT2D eigenvalue weighted by Gasteiger charge is -2.13. The zero-order chi connectivity index (χ0) is 15.6. The zero-order valence-electron chi connectivity index (χ0n) is 12.5. The van der Waals surface area contributed by atoms with Crippen molar-refractivity contribution in [2.45, 2.75) is 44.1 Å². The van der Waals surface area contributed by atoms with Crippen LogP contribution in [0.1, 0.15) is 26.5 Å². The summed E-state index contributed by atoms with van der Waals surface area (Å²) in [5, 5.41) is 11.1. The monoisotopic (exact) mass is 309 g/mol. The molecule has 2 rings (SSSR count). The van der Waals surface area contributed by atoms with Crippen LogP contribution in [-0.4, -0.2) is 32.1 Å². The maximum atomic E-state index is 11.9. The minimum atomic E-state index is -0.308. The van der Waals surface area contributed by atoms with Crippen LogP contribution in [0.4, 0.5) is 0 Å². The van der Waals surface area contributed by atoms with Crippen molar-refractivity contribution >= 4 is 17.7 Å². The largest absolute Gasteiger partial charge is 0.469 e. The predicted molar refractivity (Wildman–Crippen MR) is 81.2 cm³/mol. The molecule has 0 radical (unpaired) electrons. The molecule has 0 aliphatic heterocycles. The highest BCUT2D eigenvalue weighted by atomic mass is 32.2. The van der Waals surface area contributed by atoms with Crippen LogP contribution < -0.4 is 11.2 Å². The molecule has 1 amide bonds. The first-order valence-corrected chi connectivity index (χ1v) is 7.50. The molecule has 114 valence electrons. The molecule has 0 fully saturated rings. The molecule has 8 heteroatoms. The van der Waals surface area contributed by atoms with E-state index in [0.29, 0.717) is 11.0 Å². The molecule has 7 nitrogen and oxygen atoms in total. The van der Waals surface area contributed by atoms with E-state index in [1.54, 1.807) is 19.3 Å². The third kappa shape index (κ3) is 3.38. The predicted octanol–water partition coefficient (Wildman–Crippen LogP) is 1.57. The van der Waals surface area contributed by atoms with Crippen molar-refractivity contribution in [3.63, 3.8) is 0 Å². The second-order valence-electron chi connectivity index (χ2n) is 4.99. The Bertz CT molecular complexity index is 634. The Balaban J connectivity index is 2.14. The average Bonchev–Trinajstić information content (AvgIpc) is 2.96. The minimum Gasteiger partial charge on any atom is -0.469 e. The summed E-state index contributed by atoms with van der Waals surface area (Å²) in [6.45, 7) is 7.47. The summed E-state index contributed by atoms with van der Waals surface area (Å²) in [6.07, 6.45) is 1.57. The molecule has 0 saturated heterocycles. The molecule has 0 aliphatic rings. The number of nitrogens with two attached hydrogens (primary N) is 1. The van der Waals surface area contributed by atoms with Gasteiger partial charge in [-0.1, -0.05) is 11.8 Å². The smallest absolute Gasteiger partial charge is 0.233 e. The number of amides is 1. The highest BCUT2D eigenvalue weighted by molar-refractivity contribution is 8.00. The van der Waals surface area contributed by atoms with E-state index in [4.69, 9.17) is 10.3 Å². The van der Waals surface area contributed by atoms with Gasteiger partial charge in [0.25, 0.3) is 0 Å². The number of thioether (sulfide) groups is 1. The van der Waals surface area contributed by atoms with E-state index >= 15 is 0 Å². The molecule has 3 N–H and O–H groups in total. The Morgan fingerprint density at radius 3 is 2.71 bits per heavy atom. The van der Waals surface area contributed by atoms with Crippen LogP contribution in [0.3, 0.4) is 0 Å². The number of carbonyl (C=O) groups excluding carboxylic acids is 1. The van der Waals surface area contributed by atoms with Gasteiger partial charge in [0.15, 0.2) is 5.82 Å². The summed E-state index contributed by atoms with van der Waals surface area (Å²) >= 11 is 1.27. The first-order chi connectivity index (χ1) is 9.90. The summed E-state index contributed by atoms with van der Waals surface area (Å²) in [7, 11) is 0. The van der Waals surface area contributed by atoms with Gasteiger partial charge in [0.2, 0.25) is 11.1 Å². The van der Waals surface area contributed by atoms with Gasteiger partial charge in [0, 0.05) is 6.04 Å². The van der Waals surface area contributed by atoms with E-state index in [-0.39, 0.29) is 17.2 Å². The lowest BCUT2D eigenvalue weighted by molar-refractivity contribution is -0.120. The van der Waals surface area contributed by atoms with Crippen LogP contribution in [0.5, 0.6) is 0 Å². The number of aromatic nitrogens is 3. The van der Waals surface area contributed by atoms with Crippen LogP contribution in [0, 0.1) is 6.92 Å². The number of nitrogen functional groups attached to an aromatic ring is 1. The Kier molecular flexibility index (Phi) is 4.56. The van der Waals surface area contributed by atoms with E-state index in [0.717, 1.165) is 11.3 Å². The maximum Gasteiger partial charge on any atom is 0.233 e. The molecule has 0 aromatic carbocycles. The first kappa shape index (κ1) is 15.4. The van der Waals surface area contributed by atoms with Crippen molar-refractivity contribution < 1.29 is 9.21 Å². The van der Waals surface area contributed by atoms with Crippen molar-refractivity contribution in [2.75, 3.05) is 5.84 Å². The van der Waals surface area contributed by atoms with Crippen molar-refractivity contribution in [1.29, 1.82) is 0 Å². The van der Waals surface area contributed by atoms with Gasteiger partial charge in [-0.15, -0.1) is 10.2 Å². The van der Waals surface area contributed by atoms with Gasteiger partial charge < -0.3 is 15.6 Å². The first-order valence-electron chi connectivity index (χ1n) is 6.62.